The van der Waals surface area contributed by atoms with Crippen molar-refractivity contribution in [2.24, 2.45) is 11.8 Å². The Morgan fingerprint density at radius 2 is 2.11 bits per heavy atom. The Kier molecular flexibility index (Phi) is 4.63. The second-order valence-corrected chi connectivity index (χ2v) is 5.86. The van der Waals surface area contributed by atoms with Crippen molar-refractivity contribution in [3.63, 3.8) is 0 Å². The molecule has 0 amide bonds. The summed E-state index contributed by atoms with van der Waals surface area (Å²) in [7, 11) is 0. The first-order valence-electron chi connectivity index (χ1n) is 6.76. The number of benzene rings is 1. The fraction of sp³-hybridized carbons (Fsp3) is 0.600. The maximum atomic E-state index is 13.7. The van der Waals surface area contributed by atoms with Crippen LogP contribution < -0.4 is 5.32 Å². The van der Waals surface area contributed by atoms with E-state index >= 15 is 0 Å². The summed E-state index contributed by atoms with van der Waals surface area (Å²) in [6, 6.07) is 5.33. The molecule has 1 aromatic carbocycles. The zero-order valence-corrected chi connectivity index (χ0v) is 11.8. The second kappa shape index (κ2) is 6.03. The van der Waals surface area contributed by atoms with Gasteiger partial charge in [-0.25, -0.2) is 4.39 Å². The van der Waals surface area contributed by atoms with E-state index < -0.39 is 0 Å². The van der Waals surface area contributed by atoms with Crippen LogP contribution in [0.1, 0.15) is 38.7 Å². The minimum absolute atomic E-state index is 0.216. The van der Waals surface area contributed by atoms with Gasteiger partial charge in [0.15, 0.2) is 0 Å². The van der Waals surface area contributed by atoms with Crippen molar-refractivity contribution in [3.05, 3.63) is 34.6 Å². The van der Waals surface area contributed by atoms with E-state index in [4.69, 9.17) is 11.6 Å². The number of halogens is 2. The van der Waals surface area contributed by atoms with E-state index in [2.05, 4.69) is 19.2 Å². The smallest absolute Gasteiger partial charge is 0.129 e. The monoisotopic (exact) mass is 269 g/mol. The summed E-state index contributed by atoms with van der Waals surface area (Å²) in [5.41, 5.74) is 0.588. The standard InChI is InChI=1S/C15H21ClFN/c1-10-5-3-8-15(11(10)2)18-9-12-13(16)6-4-7-14(12)17/h4,6-7,10-11,15,18H,3,5,8-9H2,1-2H3/t10-,11+,15-/m0/s1. The molecule has 0 spiro atoms. The minimum Gasteiger partial charge on any atom is -0.309 e. The minimum atomic E-state index is -0.216. The molecule has 2 rings (SSSR count). The van der Waals surface area contributed by atoms with E-state index in [-0.39, 0.29) is 5.82 Å². The molecule has 1 saturated carbocycles. The van der Waals surface area contributed by atoms with Gasteiger partial charge in [-0.1, -0.05) is 44.4 Å². The van der Waals surface area contributed by atoms with Crippen LogP contribution in [-0.4, -0.2) is 6.04 Å². The predicted octanol–water partition coefficient (Wildman–Crippen LogP) is 4.39. The van der Waals surface area contributed by atoms with Crippen LogP contribution in [0.3, 0.4) is 0 Å². The highest BCUT2D eigenvalue weighted by molar-refractivity contribution is 6.31. The van der Waals surface area contributed by atoms with Crippen molar-refractivity contribution in [1.29, 1.82) is 0 Å². The highest BCUT2D eigenvalue weighted by Crippen LogP contribution is 2.30. The van der Waals surface area contributed by atoms with Crippen LogP contribution in [0.2, 0.25) is 5.02 Å². The highest BCUT2D eigenvalue weighted by Gasteiger charge is 2.26. The Hall–Kier alpha value is -0.600. The van der Waals surface area contributed by atoms with Gasteiger partial charge in [0.05, 0.1) is 0 Å². The first-order valence-corrected chi connectivity index (χ1v) is 7.13. The Balaban J connectivity index is 1.99. The molecule has 0 bridgehead atoms. The van der Waals surface area contributed by atoms with Crippen molar-refractivity contribution in [1.82, 2.24) is 5.32 Å². The molecule has 1 nitrogen and oxygen atoms in total. The van der Waals surface area contributed by atoms with E-state index in [1.807, 2.05) is 0 Å². The van der Waals surface area contributed by atoms with E-state index in [1.54, 1.807) is 12.1 Å². The SMILES string of the molecule is C[C@H]1[C@@H](NCc2c(F)cccc2Cl)CCC[C@@H]1C. The third kappa shape index (κ3) is 3.04. The molecule has 3 atom stereocenters. The van der Waals surface area contributed by atoms with E-state index in [0.717, 1.165) is 5.92 Å². The molecular weight excluding hydrogens is 249 g/mol. The Morgan fingerprint density at radius 1 is 1.33 bits per heavy atom. The molecule has 1 aliphatic rings. The number of rotatable bonds is 3. The molecule has 1 aromatic rings. The van der Waals surface area contributed by atoms with E-state index in [9.17, 15) is 4.39 Å². The maximum absolute atomic E-state index is 13.7. The highest BCUT2D eigenvalue weighted by atomic mass is 35.5. The summed E-state index contributed by atoms with van der Waals surface area (Å²) in [5, 5.41) is 3.99. The Morgan fingerprint density at radius 3 is 2.83 bits per heavy atom. The van der Waals surface area contributed by atoms with Crippen LogP contribution in [0, 0.1) is 17.7 Å². The summed E-state index contributed by atoms with van der Waals surface area (Å²) in [6.07, 6.45) is 3.74. The molecule has 0 aliphatic heterocycles. The van der Waals surface area contributed by atoms with Crippen molar-refractivity contribution < 1.29 is 4.39 Å². The molecule has 100 valence electrons. The summed E-state index contributed by atoms with van der Waals surface area (Å²) in [4.78, 5) is 0. The number of hydrogen-bond donors (Lipinski definition) is 1. The molecule has 3 heteroatoms. The molecule has 0 unspecified atom stereocenters. The third-order valence-corrected chi connectivity index (χ3v) is 4.66. The second-order valence-electron chi connectivity index (χ2n) is 5.45. The molecule has 0 aromatic heterocycles. The van der Waals surface area contributed by atoms with Crippen molar-refractivity contribution in [3.8, 4) is 0 Å². The third-order valence-electron chi connectivity index (χ3n) is 4.31. The van der Waals surface area contributed by atoms with Gasteiger partial charge in [-0.15, -0.1) is 0 Å². The van der Waals surface area contributed by atoms with Crippen LogP contribution in [0.5, 0.6) is 0 Å². The van der Waals surface area contributed by atoms with Crippen LogP contribution in [0.15, 0.2) is 18.2 Å². The van der Waals surface area contributed by atoms with Gasteiger partial charge in [-0.2, -0.15) is 0 Å². The molecule has 1 aliphatic carbocycles. The zero-order valence-electron chi connectivity index (χ0n) is 11.0. The molecule has 0 saturated heterocycles. The molecule has 0 radical (unpaired) electrons. The van der Waals surface area contributed by atoms with Gasteiger partial charge in [-0.3, -0.25) is 0 Å². The normalized spacial score (nSPS) is 28.3. The van der Waals surface area contributed by atoms with Crippen molar-refractivity contribution in [2.45, 2.75) is 45.7 Å². The summed E-state index contributed by atoms with van der Waals surface area (Å²) < 4.78 is 13.7. The van der Waals surface area contributed by atoms with Gasteiger partial charge in [0.25, 0.3) is 0 Å². The largest absolute Gasteiger partial charge is 0.309 e. The molecular formula is C15H21ClFN. The summed E-state index contributed by atoms with van der Waals surface area (Å²) in [5.74, 6) is 1.17. The molecule has 1 N–H and O–H groups in total. The van der Waals surface area contributed by atoms with Crippen LogP contribution in [-0.2, 0) is 6.54 Å². The van der Waals surface area contributed by atoms with E-state index in [1.165, 1.54) is 25.3 Å². The van der Waals surface area contributed by atoms with Gasteiger partial charge in [-0.05, 0) is 30.4 Å². The van der Waals surface area contributed by atoms with Crippen LogP contribution in [0.25, 0.3) is 0 Å². The van der Waals surface area contributed by atoms with Crippen molar-refractivity contribution >= 4 is 11.6 Å². The van der Waals surface area contributed by atoms with E-state index in [0.29, 0.717) is 29.1 Å². The molecule has 18 heavy (non-hydrogen) atoms. The molecule has 0 heterocycles. The summed E-state index contributed by atoms with van der Waals surface area (Å²) in [6.45, 7) is 5.10. The van der Waals surface area contributed by atoms with Gasteiger partial charge >= 0.3 is 0 Å². The van der Waals surface area contributed by atoms with Gasteiger partial charge in [0.2, 0.25) is 0 Å². The fourth-order valence-electron chi connectivity index (χ4n) is 2.80. The number of nitrogens with one attached hydrogen (secondary N) is 1. The first-order chi connectivity index (χ1) is 8.59. The first kappa shape index (κ1) is 13.8. The average Bonchev–Trinajstić information content (AvgIpc) is 2.33. The van der Waals surface area contributed by atoms with Gasteiger partial charge in [0.1, 0.15) is 5.82 Å². The predicted molar refractivity (Wildman–Crippen MR) is 74.2 cm³/mol. The maximum Gasteiger partial charge on any atom is 0.129 e. The van der Waals surface area contributed by atoms with Gasteiger partial charge in [0, 0.05) is 23.2 Å². The molecule has 1 fully saturated rings. The zero-order chi connectivity index (χ0) is 13.1. The Labute approximate surface area is 114 Å². The summed E-state index contributed by atoms with van der Waals surface area (Å²) >= 11 is 6.03. The van der Waals surface area contributed by atoms with Crippen LogP contribution >= 0.6 is 11.6 Å². The van der Waals surface area contributed by atoms with Crippen molar-refractivity contribution in [2.75, 3.05) is 0 Å². The lowest BCUT2D eigenvalue weighted by Gasteiger charge is -2.34. The lowest BCUT2D eigenvalue weighted by atomic mass is 9.78. The van der Waals surface area contributed by atoms with Gasteiger partial charge < -0.3 is 5.32 Å². The van der Waals surface area contributed by atoms with Crippen LogP contribution in [0.4, 0.5) is 4.39 Å². The quantitative estimate of drug-likeness (QED) is 0.858. The Bertz CT molecular complexity index is 387. The fourth-order valence-corrected chi connectivity index (χ4v) is 3.03. The number of hydrogen-bond acceptors (Lipinski definition) is 1. The lowest BCUT2D eigenvalue weighted by Crippen LogP contribution is -2.40. The topological polar surface area (TPSA) is 12.0 Å². The lowest BCUT2D eigenvalue weighted by molar-refractivity contribution is 0.205. The average molecular weight is 270 g/mol.